The fraction of sp³-hybridized carbons (Fsp3) is 0.179. The summed E-state index contributed by atoms with van der Waals surface area (Å²) in [5.74, 6) is 0.0525. The molecule has 10 heteroatoms. The highest BCUT2D eigenvalue weighted by Gasteiger charge is 2.35. The average molecular weight is 616 g/mol. The van der Waals surface area contributed by atoms with E-state index < -0.39 is 0 Å². The van der Waals surface area contributed by atoms with Gasteiger partial charge < -0.3 is 14.8 Å². The van der Waals surface area contributed by atoms with Crippen molar-refractivity contribution in [1.82, 2.24) is 4.90 Å². The molecule has 1 N–H and O–H groups in total. The van der Waals surface area contributed by atoms with Gasteiger partial charge >= 0.3 is 0 Å². The monoisotopic (exact) mass is 614 g/mol. The Kier molecular flexibility index (Phi) is 9.14. The summed E-state index contributed by atoms with van der Waals surface area (Å²) in [5.41, 5.74) is 3.10. The van der Waals surface area contributed by atoms with Gasteiger partial charge in [0.1, 0.15) is 0 Å². The molecular weight excluding hydrogens is 592 g/mol. The van der Waals surface area contributed by atoms with E-state index in [1.165, 1.54) is 4.90 Å². The Morgan fingerprint density at radius 1 is 1.11 bits per heavy atom. The van der Waals surface area contributed by atoms with Crippen LogP contribution in [0.15, 0.2) is 70.0 Å². The van der Waals surface area contributed by atoms with Gasteiger partial charge in [0.25, 0.3) is 17.1 Å². The van der Waals surface area contributed by atoms with Crippen LogP contribution >= 0.6 is 39.3 Å². The summed E-state index contributed by atoms with van der Waals surface area (Å²) in [6.07, 6.45) is 1.63. The van der Waals surface area contributed by atoms with E-state index in [1.54, 1.807) is 42.5 Å². The third-order valence-electron chi connectivity index (χ3n) is 5.38. The maximum absolute atomic E-state index is 13.0. The van der Waals surface area contributed by atoms with E-state index in [9.17, 15) is 14.4 Å². The molecule has 0 bridgehead atoms. The number of benzene rings is 3. The molecule has 0 saturated carbocycles. The second-order valence-corrected chi connectivity index (χ2v) is 10.7. The Bertz CT molecular complexity index is 1430. The van der Waals surface area contributed by atoms with Crippen LogP contribution in [0.5, 0.6) is 11.5 Å². The first-order valence-electron chi connectivity index (χ1n) is 11.7. The van der Waals surface area contributed by atoms with Crippen molar-refractivity contribution in [2.45, 2.75) is 20.4 Å². The molecule has 4 rings (SSSR count). The van der Waals surface area contributed by atoms with Crippen molar-refractivity contribution in [2.24, 2.45) is 0 Å². The quantitative estimate of drug-likeness (QED) is 0.259. The molecule has 0 spiro atoms. The molecule has 38 heavy (non-hydrogen) atoms. The fourth-order valence-electron chi connectivity index (χ4n) is 3.74. The van der Waals surface area contributed by atoms with Gasteiger partial charge in [0.15, 0.2) is 18.1 Å². The standard InChI is InChI=1S/C28H24BrClN2O5S/c1-3-36-23-13-19(12-22(29)26(23)37-16-25(33)31-21-9-4-6-17(2)10-21)14-24-27(34)32(28(35)38-24)15-18-7-5-8-20(30)11-18/h4-14H,3,15-16H2,1-2H3,(H,31,33)/b24-14-. The molecule has 1 saturated heterocycles. The molecule has 1 fully saturated rings. The van der Waals surface area contributed by atoms with Gasteiger partial charge in [0.05, 0.1) is 22.5 Å². The number of hydrogen-bond acceptors (Lipinski definition) is 6. The summed E-state index contributed by atoms with van der Waals surface area (Å²) in [7, 11) is 0. The highest BCUT2D eigenvalue weighted by Crippen LogP contribution is 2.39. The fourth-order valence-corrected chi connectivity index (χ4v) is 5.36. The Morgan fingerprint density at radius 2 is 1.89 bits per heavy atom. The van der Waals surface area contributed by atoms with Gasteiger partial charge in [-0.25, -0.2) is 0 Å². The summed E-state index contributed by atoms with van der Waals surface area (Å²) < 4.78 is 12.1. The zero-order chi connectivity index (χ0) is 27.2. The predicted octanol–water partition coefficient (Wildman–Crippen LogP) is 7.06. The molecule has 7 nitrogen and oxygen atoms in total. The molecule has 0 unspecified atom stereocenters. The van der Waals surface area contributed by atoms with Crippen molar-refractivity contribution in [3.8, 4) is 11.5 Å². The molecule has 196 valence electrons. The minimum Gasteiger partial charge on any atom is -0.490 e. The molecule has 1 heterocycles. The summed E-state index contributed by atoms with van der Waals surface area (Å²) in [5, 5.41) is 2.98. The number of imide groups is 1. The van der Waals surface area contributed by atoms with E-state index in [0.717, 1.165) is 22.9 Å². The molecule has 0 aromatic heterocycles. The summed E-state index contributed by atoms with van der Waals surface area (Å²) >= 11 is 10.4. The van der Waals surface area contributed by atoms with Crippen molar-refractivity contribution in [2.75, 3.05) is 18.5 Å². The third-order valence-corrected chi connectivity index (χ3v) is 7.11. The van der Waals surface area contributed by atoms with E-state index in [2.05, 4.69) is 21.2 Å². The predicted molar refractivity (Wildman–Crippen MR) is 154 cm³/mol. The van der Waals surface area contributed by atoms with Crippen LogP contribution in [0.1, 0.15) is 23.6 Å². The lowest BCUT2D eigenvalue weighted by Crippen LogP contribution is -2.27. The van der Waals surface area contributed by atoms with Crippen LogP contribution in [0.2, 0.25) is 5.02 Å². The number of carbonyl (C=O) groups is 3. The van der Waals surface area contributed by atoms with Crippen LogP contribution in [0.25, 0.3) is 6.08 Å². The second-order valence-electron chi connectivity index (χ2n) is 8.37. The molecule has 0 radical (unpaired) electrons. The number of rotatable bonds is 9. The van der Waals surface area contributed by atoms with Gasteiger partial charge in [0.2, 0.25) is 0 Å². The van der Waals surface area contributed by atoms with Crippen LogP contribution in [0.4, 0.5) is 10.5 Å². The van der Waals surface area contributed by atoms with Gasteiger partial charge in [-0.2, -0.15) is 0 Å². The molecule has 0 aliphatic carbocycles. The number of nitrogens with one attached hydrogen (secondary N) is 1. The number of aryl methyl sites for hydroxylation is 1. The molecule has 3 aromatic rings. The average Bonchev–Trinajstić information content (AvgIpc) is 3.11. The lowest BCUT2D eigenvalue weighted by atomic mass is 10.1. The lowest BCUT2D eigenvalue weighted by Gasteiger charge is -2.15. The van der Waals surface area contributed by atoms with Gasteiger partial charge in [-0.1, -0.05) is 35.9 Å². The molecule has 3 aromatic carbocycles. The molecule has 0 atom stereocenters. The normalized spacial score (nSPS) is 14.2. The van der Waals surface area contributed by atoms with Crippen LogP contribution in [0.3, 0.4) is 0 Å². The Labute approximate surface area is 238 Å². The summed E-state index contributed by atoms with van der Waals surface area (Å²) in [4.78, 5) is 39.5. The Morgan fingerprint density at radius 3 is 2.63 bits per heavy atom. The highest BCUT2D eigenvalue weighted by molar-refractivity contribution is 9.10. The minimum atomic E-state index is -0.387. The van der Waals surface area contributed by atoms with Crippen molar-refractivity contribution < 1.29 is 23.9 Å². The first kappa shape index (κ1) is 27.8. The Hall–Kier alpha value is -3.27. The number of nitrogens with zero attached hydrogens (tertiary/aromatic N) is 1. The third kappa shape index (κ3) is 6.98. The largest absolute Gasteiger partial charge is 0.490 e. The zero-order valence-electron chi connectivity index (χ0n) is 20.6. The molecule has 1 aliphatic rings. The molecular formula is C28H24BrClN2O5S. The number of thioether (sulfide) groups is 1. The molecule has 3 amide bonds. The van der Waals surface area contributed by atoms with Gasteiger partial charge in [-0.15, -0.1) is 0 Å². The number of carbonyl (C=O) groups excluding carboxylic acids is 3. The van der Waals surface area contributed by atoms with Crippen LogP contribution in [-0.2, 0) is 16.1 Å². The summed E-state index contributed by atoms with van der Waals surface area (Å²) in [6.45, 7) is 4.04. The van der Waals surface area contributed by atoms with E-state index in [0.29, 0.717) is 38.9 Å². The SMILES string of the molecule is CCOc1cc(/C=C2\SC(=O)N(Cc3cccc(Cl)c3)C2=O)cc(Br)c1OCC(=O)Nc1cccc(C)c1. The number of hydrogen-bond donors (Lipinski definition) is 1. The van der Waals surface area contributed by atoms with Crippen molar-refractivity contribution in [1.29, 1.82) is 0 Å². The lowest BCUT2D eigenvalue weighted by molar-refractivity contribution is -0.123. The van der Waals surface area contributed by atoms with E-state index >= 15 is 0 Å². The van der Waals surface area contributed by atoms with Crippen LogP contribution in [-0.4, -0.2) is 35.2 Å². The van der Waals surface area contributed by atoms with Gasteiger partial charge in [-0.05, 0) is 101 Å². The van der Waals surface area contributed by atoms with Crippen molar-refractivity contribution in [3.63, 3.8) is 0 Å². The van der Waals surface area contributed by atoms with Gasteiger partial charge in [-0.3, -0.25) is 19.3 Å². The maximum Gasteiger partial charge on any atom is 0.293 e. The smallest absolute Gasteiger partial charge is 0.293 e. The summed E-state index contributed by atoms with van der Waals surface area (Å²) in [6, 6.07) is 18.0. The first-order valence-corrected chi connectivity index (χ1v) is 13.7. The highest BCUT2D eigenvalue weighted by atomic mass is 79.9. The van der Waals surface area contributed by atoms with Crippen LogP contribution in [0, 0.1) is 6.92 Å². The van der Waals surface area contributed by atoms with Crippen molar-refractivity contribution >= 4 is 68.1 Å². The zero-order valence-corrected chi connectivity index (χ0v) is 23.8. The molecule has 1 aliphatic heterocycles. The topological polar surface area (TPSA) is 84.9 Å². The number of amides is 3. The number of anilines is 1. The van der Waals surface area contributed by atoms with Gasteiger partial charge in [0, 0.05) is 10.7 Å². The maximum atomic E-state index is 13.0. The minimum absolute atomic E-state index is 0.133. The van der Waals surface area contributed by atoms with E-state index in [-0.39, 0.29) is 35.1 Å². The van der Waals surface area contributed by atoms with E-state index in [1.807, 2.05) is 38.1 Å². The van der Waals surface area contributed by atoms with Crippen molar-refractivity contribution in [3.05, 3.63) is 91.8 Å². The van der Waals surface area contributed by atoms with Crippen LogP contribution < -0.4 is 14.8 Å². The number of ether oxygens (including phenoxy) is 2. The Balaban J connectivity index is 1.49. The number of halogens is 2. The first-order chi connectivity index (χ1) is 18.2. The second kappa shape index (κ2) is 12.5. The van der Waals surface area contributed by atoms with E-state index in [4.69, 9.17) is 21.1 Å².